The van der Waals surface area contributed by atoms with Crippen molar-refractivity contribution in [2.24, 2.45) is 0 Å². The molecule has 2 aromatic rings. The van der Waals surface area contributed by atoms with Gasteiger partial charge in [0, 0.05) is 21.6 Å². The van der Waals surface area contributed by atoms with Gasteiger partial charge in [-0.25, -0.2) is 0 Å². The molecule has 0 aliphatic carbocycles. The van der Waals surface area contributed by atoms with Crippen molar-refractivity contribution in [3.05, 3.63) is 51.2 Å². The van der Waals surface area contributed by atoms with Gasteiger partial charge in [0.1, 0.15) is 0 Å². The number of thiophene rings is 1. The number of benzene rings is 1. The Hall–Kier alpha value is -0.700. The van der Waals surface area contributed by atoms with Crippen molar-refractivity contribution in [3.8, 4) is 6.07 Å². The van der Waals surface area contributed by atoms with Crippen LogP contribution >= 0.6 is 47.1 Å². The van der Waals surface area contributed by atoms with Crippen LogP contribution < -0.4 is 0 Å². The molecular weight excluding hydrogens is 379 g/mol. The average molecular weight is 399 g/mol. The smallest absolute Gasteiger partial charge is 0.0991 e. The Labute approximate surface area is 163 Å². The lowest BCUT2D eigenvalue weighted by molar-refractivity contribution is 0.236. The molecule has 1 aromatic heterocycles. The molecule has 0 radical (unpaired) electrons. The van der Waals surface area contributed by atoms with Gasteiger partial charge in [-0.3, -0.25) is 0 Å². The molecule has 1 aromatic carbocycles. The van der Waals surface area contributed by atoms with E-state index in [-0.39, 0.29) is 12.4 Å². The summed E-state index contributed by atoms with van der Waals surface area (Å²) in [6.45, 7) is 3.48. The summed E-state index contributed by atoms with van der Waals surface area (Å²) >= 11 is 9.63. The van der Waals surface area contributed by atoms with E-state index in [1.54, 1.807) is 11.3 Å². The van der Waals surface area contributed by atoms with E-state index in [0.717, 1.165) is 22.9 Å². The van der Waals surface area contributed by atoms with Crippen molar-refractivity contribution >= 4 is 47.1 Å². The number of hydrogen-bond donors (Lipinski definition) is 0. The van der Waals surface area contributed by atoms with Crippen LogP contribution in [-0.2, 0) is 6.42 Å². The first kappa shape index (κ1) is 19.6. The number of nitrogens with zero attached hydrogens (tertiary/aromatic N) is 2. The number of piperidine rings is 1. The molecule has 24 heavy (non-hydrogen) atoms. The minimum absolute atomic E-state index is 0. The minimum atomic E-state index is 0. The molecule has 0 unspecified atom stereocenters. The summed E-state index contributed by atoms with van der Waals surface area (Å²) < 4.78 is 0.887. The highest BCUT2D eigenvalue weighted by Gasteiger charge is 2.20. The lowest BCUT2D eigenvalue weighted by Gasteiger charge is -2.31. The maximum Gasteiger partial charge on any atom is 0.0991 e. The van der Waals surface area contributed by atoms with E-state index in [4.69, 9.17) is 16.9 Å². The fourth-order valence-electron chi connectivity index (χ4n) is 2.81. The molecule has 128 valence electrons. The zero-order valence-corrected chi connectivity index (χ0v) is 16.5. The van der Waals surface area contributed by atoms with E-state index in [1.165, 1.54) is 35.7 Å². The summed E-state index contributed by atoms with van der Waals surface area (Å²) in [6.07, 6.45) is 3.57. The molecule has 0 N–H and O–H groups in total. The molecule has 0 saturated carbocycles. The molecule has 2 nitrogen and oxygen atoms in total. The summed E-state index contributed by atoms with van der Waals surface area (Å²) in [5.41, 5.74) is 0.734. The maximum absolute atomic E-state index is 8.84. The first-order chi connectivity index (χ1) is 11.2. The highest BCUT2D eigenvalue weighted by Crippen LogP contribution is 2.30. The fourth-order valence-corrected chi connectivity index (χ4v) is 5.01. The fraction of sp³-hybridized carbons (Fsp3) is 0.389. The second kappa shape index (κ2) is 9.70. The molecule has 1 aliphatic heterocycles. The number of nitriles is 1. The van der Waals surface area contributed by atoms with Gasteiger partial charge in [0.05, 0.1) is 16.0 Å². The molecule has 0 amide bonds. The van der Waals surface area contributed by atoms with Crippen LogP contribution in [0.4, 0.5) is 0 Å². The number of halogens is 2. The average Bonchev–Trinajstić information content (AvgIpc) is 3.00. The normalized spacial score (nSPS) is 15.7. The van der Waals surface area contributed by atoms with E-state index >= 15 is 0 Å². The number of hydrogen-bond acceptors (Lipinski definition) is 4. The largest absolute Gasteiger partial charge is 0.303 e. The van der Waals surface area contributed by atoms with Crippen LogP contribution in [0.15, 0.2) is 41.3 Å². The predicted molar refractivity (Wildman–Crippen MR) is 107 cm³/mol. The van der Waals surface area contributed by atoms with Crippen molar-refractivity contribution in [1.82, 2.24) is 4.90 Å². The topological polar surface area (TPSA) is 27.0 Å². The molecule has 1 fully saturated rings. The molecule has 3 rings (SSSR count). The highest BCUT2D eigenvalue weighted by atomic mass is 35.5. The summed E-state index contributed by atoms with van der Waals surface area (Å²) in [5.74, 6) is 0. The van der Waals surface area contributed by atoms with Gasteiger partial charge in [-0.2, -0.15) is 5.26 Å². The molecular formula is C18H20Cl2N2S2. The maximum atomic E-state index is 8.84. The Morgan fingerprint density at radius 3 is 2.46 bits per heavy atom. The van der Waals surface area contributed by atoms with Crippen molar-refractivity contribution in [2.45, 2.75) is 29.4 Å². The Balaban J connectivity index is 0.00000208. The summed E-state index contributed by atoms with van der Waals surface area (Å²) in [7, 11) is 0. The van der Waals surface area contributed by atoms with Crippen molar-refractivity contribution in [1.29, 1.82) is 5.26 Å². The summed E-state index contributed by atoms with van der Waals surface area (Å²) in [4.78, 5) is 5.21. The Kier molecular flexibility index (Phi) is 7.93. The first-order valence-corrected chi connectivity index (χ1v) is 9.94. The van der Waals surface area contributed by atoms with Crippen molar-refractivity contribution < 1.29 is 0 Å². The third-order valence-electron chi connectivity index (χ3n) is 4.12. The van der Waals surface area contributed by atoms with Gasteiger partial charge >= 0.3 is 0 Å². The molecule has 2 heterocycles. The third kappa shape index (κ3) is 5.68. The molecule has 1 saturated heterocycles. The highest BCUT2D eigenvalue weighted by molar-refractivity contribution is 8.00. The van der Waals surface area contributed by atoms with Gasteiger partial charge in [-0.15, -0.1) is 35.5 Å². The van der Waals surface area contributed by atoms with E-state index < -0.39 is 0 Å². The van der Waals surface area contributed by atoms with Crippen LogP contribution in [0.25, 0.3) is 0 Å². The predicted octanol–water partition coefficient (Wildman–Crippen LogP) is 5.49. The number of thioether (sulfide) groups is 1. The van der Waals surface area contributed by atoms with Gasteiger partial charge in [-0.1, -0.05) is 11.6 Å². The minimum Gasteiger partial charge on any atom is -0.303 e. The van der Waals surface area contributed by atoms with E-state index in [0.29, 0.717) is 5.25 Å². The second-order valence-electron chi connectivity index (χ2n) is 5.75. The third-order valence-corrected chi connectivity index (χ3v) is 6.76. The lowest BCUT2D eigenvalue weighted by Crippen LogP contribution is -2.36. The van der Waals surface area contributed by atoms with E-state index in [1.807, 2.05) is 30.0 Å². The van der Waals surface area contributed by atoms with E-state index in [2.05, 4.69) is 29.2 Å². The molecule has 0 atom stereocenters. The molecule has 1 aliphatic rings. The molecule has 0 bridgehead atoms. The summed E-state index contributed by atoms with van der Waals surface area (Å²) in [5, 5.41) is 9.53. The Morgan fingerprint density at radius 1 is 1.17 bits per heavy atom. The van der Waals surface area contributed by atoms with Crippen LogP contribution in [-0.4, -0.2) is 29.8 Å². The van der Waals surface area contributed by atoms with Gasteiger partial charge in [0.15, 0.2) is 0 Å². The second-order valence-corrected chi connectivity index (χ2v) is 8.92. The standard InChI is InChI=1S/C18H19ClN2S2.ClH/c19-18-6-5-16(23-18)7-10-21-11-8-17(9-12-21)22-15-3-1-14(13-20)2-4-15;/h1-6,17H,7-12H2;1H. The van der Waals surface area contributed by atoms with Crippen LogP contribution in [0.1, 0.15) is 23.3 Å². The lowest BCUT2D eigenvalue weighted by atomic mass is 10.1. The van der Waals surface area contributed by atoms with Gasteiger partial charge < -0.3 is 4.90 Å². The van der Waals surface area contributed by atoms with Crippen LogP contribution in [0.5, 0.6) is 0 Å². The Bertz CT molecular complexity index is 671. The quantitative estimate of drug-likeness (QED) is 0.665. The van der Waals surface area contributed by atoms with Gasteiger partial charge in [-0.05, 0) is 68.8 Å². The number of likely N-dealkylation sites (tertiary alicyclic amines) is 1. The monoisotopic (exact) mass is 398 g/mol. The zero-order valence-electron chi connectivity index (χ0n) is 13.3. The first-order valence-electron chi connectivity index (χ1n) is 7.86. The molecule has 6 heteroatoms. The number of rotatable bonds is 5. The van der Waals surface area contributed by atoms with E-state index in [9.17, 15) is 0 Å². The van der Waals surface area contributed by atoms with Crippen LogP contribution in [0, 0.1) is 11.3 Å². The van der Waals surface area contributed by atoms with Crippen molar-refractivity contribution in [3.63, 3.8) is 0 Å². The molecule has 0 spiro atoms. The summed E-state index contributed by atoms with van der Waals surface area (Å²) in [6, 6.07) is 14.2. The van der Waals surface area contributed by atoms with Crippen LogP contribution in [0.3, 0.4) is 0 Å². The van der Waals surface area contributed by atoms with Gasteiger partial charge in [0.25, 0.3) is 0 Å². The van der Waals surface area contributed by atoms with Crippen LogP contribution in [0.2, 0.25) is 4.34 Å². The SMILES string of the molecule is Cl.N#Cc1ccc(SC2CCN(CCc3ccc(Cl)s3)CC2)cc1. The Morgan fingerprint density at radius 2 is 1.88 bits per heavy atom. The van der Waals surface area contributed by atoms with Crippen molar-refractivity contribution in [2.75, 3.05) is 19.6 Å². The van der Waals surface area contributed by atoms with Gasteiger partial charge in [0.2, 0.25) is 0 Å². The zero-order chi connectivity index (χ0) is 16.1.